The maximum atomic E-state index is 10.9. The molecule has 5 aliphatic carbocycles. The summed E-state index contributed by atoms with van der Waals surface area (Å²) in [4.78, 5) is 10.9. The predicted octanol–water partition coefficient (Wildman–Crippen LogP) is 8.40. The van der Waals surface area contributed by atoms with Crippen LogP contribution in [0, 0.1) is 46.3 Å². The Morgan fingerprint density at radius 3 is 2.26 bits per heavy atom. The van der Waals surface area contributed by atoms with E-state index in [9.17, 15) is 4.79 Å². The Morgan fingerprint density at radius 1 is 1.00 bits per heavy atom. The molecule has 7 heteroatoms. The molecule has 4 fully saturated rings. The zero-order valence-electron chi connectivity index (χ0n) is 27.2. The molecule has 0 aromatic heterocycles. The van der Waals surface area contributed by atoms with Crippen LogP contribution in [0.25, 0.3) is 0 Å². The van der Waals surface area contributed by atoms with Crippen molar-refractivity contribution < 1.29 is 33.4 Å². The first kappa shape index (κ1) is 36.5. The van der Waals surface area contributed by atoms with Crippen molar-refractivity contribution in [2.75, 3.05) is 6.61 Å². The molecule has 0 aromatic rings. The zero-order chi connectivity index (χ0) is 31.1. The molecule has 42 heavy (non-hydrogen) atoms. The number of allylic oxidation sites excluding steroid dienone is 1. The second-order valence-corrected chi connectivity index (χ2v) is 15.5. The first-order chi connectivity index (χ1) is 20.0. The number of carboxylic acid groups (broad SMARTS) is 1. The van der Waals surface area contributed by atoms with Gasteiger partial charge in [-0.15, -0.1) is 0 Å². The molecule has 247 valence electrons. The van der Waals surface area contributed by atoms with Gasteiger partial charge in [-0.25, -0.2) is 4.79 Å². The van der Waals surface area contributed by atoms with Crippen molar-refractivity contribution >= 4 is 15.4 Å². The van der Waals surface area contributed by atoms with Crippen LogP contribution in [0.2, 0.25) is 0 Å². The summed E-state index contributed by atoms with van der Waals surface area (Å²) in [5, 5.41) is 8.99. The third kappa shape index (κ3) is 8.65. The molecule has 0 amide bonds. The van der Waals surface area contributed by atoms with Gasteiger partial charge in [0.05, 0.1) is 6.10 Å². The Bertz CT molecular complexity index is 876. The summed E-state index contributed by atoms with van der Waals surface area (Å²) in [6, 6.07) is 0.562. The summed E-state index contributed by atoms with van der Waals surface area (Å²) >= 11 is 1.61. The van der Waals surface area contributed by atoms with Gasteiger partial charge in [-0.1, -0.05) is 78.4 Å². The number of carboxylic acids is 1. The Balaban J connectivity index is 0.000000414. The molecule has 5 rings (SSSR count). The van der Waals surface area contributed by atoms with Gasteiger partial charge in [-0.05, 0) is 111 Å². The third-order valence-electron chi connectivity index (χ3n) is 12.6. The molecular weight excluding hydrogens is 727 g/mol. The van der Waals surface area contributed by atoms with E-state index in [0.29, 0.717) is 10.8 Å². The van der Waals surface area contributed by atoms with Crippen LogP contribution in [0.15, 0.2) is 11.6 Å². The molecular formula is C35H62ClN2O3Pt. The van der Waals surface area contributed by atoms with Crippen LogP contribution in [0.3, 0.4) is 0 Å². The van der Waals surface area contributed by atoms with E-state index in [1.165, 1.54) is 70.6 Å². The minimum absolute atomic E-state index is 0.0957. The van der Waals surface area contributed by atoms with Crippen LogP contribution in [0.1, 0.15) is 131 Å². The standard InChI is InChI=1S/C29H48O3.C6H14N2.ClH.Pt/c1-19(2)7-6-8-20(3)24-11-12-25-23-10-9-21-17-22(32-18-27(30)31)13-15-28(21,4)26(23)14-16-29(24,25)5;7-5-3-1-2-4-6(5)8;;/h9,19-20,22-26H,6-8,10-18H2,1-5H3,(H,30,31);5-6H,1-4,7-8H2;1H;/q;;;+1/p-1. The number of hydrogen-bond donors (Lipinski definition) is 3. The number of hydrogen-bond acceptors (Lipinski definition) is 4. The zero-order valence-corrected chi connectivity index (χ0v) is 30.2. The summed E-state index contributed by atoms with van der Waals surface area (Å²) in [7, 11) is 4.61. The average Bonchev–Trinajstić information content (AvgIpc) is 3.32. The van der Waals surface area contributed by atoms with Gasteiger partial charge < -0.3 is 21.3 Å². The fourth-order valence-corrected chi connectivity index (χ4v) is 10.2. The van der Waals surface area contributed by atoms with Gasteiger partial charge >= 0.3 is 34.2 Å². The number of carbonyl (C=O) groups is 1. The van der Waals surface area contributed by atoms with Crippen LogP contribution in [-0.2, 0) is 28.3 Å². The van der Waals surface area contributed by atoms with Crippen molar-refractivity contribution in [3.05, 3.63) is 11.6 Å². The Morgan fingerprint density at radius 2 is 1.67 bits per heavy atom. The first-order valence-electron chi connectivity index (χ1n) is 17.1. The van der Waals surface area contributed by atoms with E-state index in [4.69, 9.17) is 21.3 Å². The number of nitrogens with two attached hydrogens (primary N) is 2. The second kappa shape index (κ2) is 16.6. The van der Waals surface area contributed by atoms with Crippen LogP contribution in [-0.4, -0.2) is 35.9 Å². The fourth-order valence-electron chi connectivity index (χ4n) is 10.2. The molecule has 0 aliphatic heterocycles. The number of halogens is 1. The van der Waals surface area contributed by atoms with Gasteiger partial charge in [-0.2, -0.15) is 0 Å². The molecule has 10 unspecified atom stereocenters. The van der Waals surface area contributed by atoms with E-state index in [1.807, 2.05) is 0 Å². The summed E-state index contributed by atoms with van der Waals surface area (Å²) < 4.78 is 5.71. The van der Waals surface area contributed by atoms with Crippen molar-refractivity contribution in [3.8, 4) is 0 Å². The van der Waals surface area contributed by atoms with Crippen LogP contribution in [0.5, 0.6) is 0 Å². The Labute approximate surface area is 272 Å². The Hall–Kier alpha value is 0.0683. The van der Waals surface area contributed by atoms with Crippen LogP contribution in [0.4, 0.5) is 0 Å². The SMILES string of the molecule is CC(C)CCCC(C)C1CCC2C3CC=C4CC(OCC(=O)O)CCC4(C)C3CCC12C.NC1CCCCC1N.[Cl][Pt]. The van der Waals surface area contributed by atoms with Crippen molar-refractivity contribution in [2.45, 2.75) is 149 Å². The van der Waals surface area contributed by atoms with E-state index in [1.54, 1.807) is 24.3 Å². The number of fused-ring (bicyclic) bond motifs is 5. The molecule has 0 bridgehead atoms. The quantitative estimate of drug-likeness (QED) is 0.215. The number of aliphatic carboxylic acids is 1. The van der Waals surface area contributed by atoms with Crippen molar-refractivity contribution in [1.29, 1.82) is 0 Å². The minimum atomic E-state index is -0.850. The van der Waals surface area contributed by atoms with Crippen molar-refractivity contribution in [1.82, 2.24) is 0 Å². The van der Waals surface area contributed by atoms with E-state index in [2.05, 4.69) is 50.1 Å². The van der Waals surface area contributed by atoms with E-state index in [0.717, 1.165) is 61.2 Å². The monoisotopic (exact) mass is 788 g/mol. The molecule has 5 aliphatic rings. The second-order valence-electron chi connectivity index (χ2n) is 15.5. The number of ether oxygens (including phenoxy) is 1. The Kier molecular flexibility index (Phi) is 14.4. The average molecular weight is 789 g/mol. The van der Waals surface area contributed by atoms with E-state index < -0.39 is 5.97 Å². The van der Waals surface area contributed by atoms with Gasteiger partial charge in [0.25, 0.3) is 0 Å². The van der Waals surface area contributed by atoms with Crippen LogP contribution < -0.4 is 11.5 Å². The first-order valence-corrected chi connectivity index (χ1v) is 19.9. The number of rotatable bonds is 8. The molecule has 0 spiro atoms. The van der Waals surface area contributed by atoms with Gasteiger partial charge in [0.15, 0.2) is 0 Å². The normalized spacial score (nSPS) is 39.8. The predicted molar refractivity (Wildman–Crippen MR) is 171 cm³/mol. The maximum absolute atomic E-state index is 10.9. The molecule has 0 heterocycles. The molecule has 10 atom stereocenters. The fraction of sp³-hybridized carbons (Fsp3) is 0.914. The van der Waals surface area contributed by atoms with Crippen molar-refractivity contribution in [3.63, 3.8) is 0 Å². The van der Waals surface area contributed by atoms with Gasteiger partial charge in [0.2, 0.25) is 0 Å². The van der Waals surface area contributed by atoms with Gasteiger partial charge in [0.1, 0.15) is 6.61 Å². The van der Waals surface area contributed by atoms with E-state index in [-0.39, 0.29) is 24.8 Å². The summed E-state index contributed by atoms with van der Waals surface area (Å²) in [5.41, 5.74) is 13.7. The topological polar surface area (TPSA) is 98.6 Å². The van der Waals surface area contributed by atoms with Gasteiger partial charge in [-0.3, -0.25) is 0 Å². The molecule has 0 saturated heterocycles. The molecule has 4 saturated carbocycles. The molecule has 0 radical (unpaired) electrons. The van der Waals surface area contributed by atoms with Gasteiger partial charge in [0, 0.05) is 12.1 Å². The van der Waals surface area contributed by atoms with E-state index >= 15 is 0 Å². The molecule has 0 aromatic carbocycles. The molecule has 5 N–H and O–H groups in total. The summed E-state index contributed by atoms with van der Waals surface area (Å²) in [5.74, 6) is 4.33. The summed E-state index contributed by atoms with van der Waals surface area (Å²) in [6.45, 7) is 12.3. The third-order valence-corrected chi connectivity index (χ3v) is 12.6. The summed E-state index contributed by atoms with van der Waals surface area (Å²) in [6.07, 6.45) is 21.7. The van der Waals surface area contributed by atoms with Crippen LogP contribution >= 0.6 is 9.42 Å². The van der Waals surface area contributed by atoms with Crippen molar-refractivity contribution in [2.24, 2.45) is 57.8 Å². The molecule has 5 nitrogen and oxygen atoms in total.